The fraction of sp³-hybridized carbons (Fsp3) is 0.208. The molecule has 37 heavy (non-hydrogen) atoms. The lowest BCUT2D eigenvalue weighted by Crippen LogP contribution is -2.46. The van der Waals surface area contributed by atoms with Crippen molar-refractivity contribution in [2.24, 2.45) is 0 Å². The second kappa shape index (κ2) is 9.24. The molecule has 4 N–H and O–H groups in total. The van der Waals surface area contributed by atoms with Crippen LogP contribution in [0.4, 0.5) is 23.4 Å². The summed E-state index contributed by atoms with van der Waals surface area (Å²) in [7, 11) is 0. The first-order valence-corrected chi connectivity index (χ1v) is 10.8. The summed E-state index contributed by atoms with van der Waals surface area (Å²) in [4.78, 5) is 33.3. The molecule has 1 atom stereocenters. The van der Waals surface area contributed by atoms with Crippen molar-refractivity contribution in [1.29, 1.82) is 0 Å². The first-order chi connectivity index (χ1) is 17.3. The number of Topliss-reactive ketones (excluding diaryl/α,β-unsaturated/α-hetero) is 1. The zero-order valence-corrected chi connectivity index (χ0v) is 19.5. The van der Waals surface area contributed by atoms with Crippen LogP contribution in [0.25, 0.3) is 16.8 Å². The summed E-state index contributed by atoms with van der Waals surface area (Å²) in [5.41, 5.74) is 2.55. The van der Waals surface area contributed by atoms with Crippen molar-refractivity contribution in [3.8, 4) is 11.3 Å². The Morgan fingerprint density at radius 2 is 1.81 bits per heavy atom. The Balaban J connectivity index is 1.63. The summed E-state index contributed by atoms with van der Waals surface area (Å²) in [6.07, 6.45) is -2.47. The maximum atomic E-state index is 13.6. The highest BCUT2D eigenvalue weighted by molar-refractivity contribution is 6.03. The average molecular weight is 516 g/mol. The van der Waals surface area contributed by atoms with E-state index < -0.39 is 46.9 Å². The second-order valence-electron chi connectivity index (χ2n) is 8.50. The Labute approximate surface area is 207 Å². The van der Waals surface area contributed by atoms with Crippen molar-refractivity contribution < 1.29 is 32.3 Å². The SMILES string of the molecule is Cc1ncc(-c2cc(C(F)(F)F)c3c(N)ncnn23)cc1C(=O)NCC(C)(O)C(=O)c1ccc(F)cc1. The number of ketones is 1. The number of aromatic nitrogens is 4. The average Bonchev–Trinajstić information content (AvgIpc) is 3.25. The van der Waals surface area contributed by atoms with E-state index in [1.807, 2.05) is 0 Å². The van der Waals surface area contributed by atoms with Gasteiger partial charge in [0.2, 0.25) is 0 Å². The van der Waals surface area contributed by atoms with Crippen LogP contribution in [-0.4, -0.2) is 48.5 Å². The van der Waals surface area contributed by atoms with Gasteiger partial charge in [0.05, 0.1) is 29.1 Å². The topological polar surface area (TPSA) is 136 Å². The molecule has 3 aromatic heterocycles. The molecular formula is C24H20F4N6O3. The Morgan fingerprint density at radius 3 is 2.46 bits per heavy atom. The van der Waals surface area contributed by atoms with Gasteiger partial charge in [0.1, 0.15) is 23.3 Å². The molecule has 4 rings (SSSR count). The van der Waals surface area contributed by atoms with Gasteiger partial charge in [-0.2, -0.15) is 18.3 Å². The molecule has 1 unspecified atom stereocenters. The summed E-state index contributed by atoms with van der Waals surface area (Å²) in [5.74, 6) is -2.41. The Kier molecular flexibility index (Phi) is 6.42. The summed E-state index contributed by atoms with van der Waals surface area (Å²) in [6.45, 7) is 2.20. The number of hydrogen-bond donors (Lipinski definition) is 3. The maximum Gasteiger partial charge on any atom is 0.418 e. The third-order valence-electron chi connectivity index (χ3n) is 5.70. The molecule has 13 heteroatoms. The number of anilines is 1. The van der Waals surface area contributed by atoms with Crippen LogP contribution in [-0.2, 0) is 6.18 Å². The minimum atomic E-state index is -4.75. The van der Waals surface area contributed by atoms with E-state index in [0.717, 1.165) is 29.0 Å². The number of pyridine rings is 1. The van der Waals surface area contributed by atoms with Crippen molar-refractivity contribution >= 4 is 23.0 Å². The second-order valence-corrected chi connectivity index (χ2v) is 8.50. The molecule has 0 bridgehead atoms. The zero-order valence-electron chi connectivity index (χ0n) is 19.5. The number of nitrogens with two attached hydrogens (primary N) is 1. The molecular weight excluding hydrogens is 496 g/mol. The molecule has 9 nitrogen and oxygen atoms in total. The number of aliphatic hydroxyl groups is 1. The molecule has 192 valence electrons. The molecule has 0 aliphatic rings. The van der Waals surface area contributed by atoms with E-state index in [1.165, 1.54) is 38.2 Å². The molecule has 0 aliphatic heterocycles. The highest BCUT2D eigenvalue weighted by Gasteiger charge is 2.37. The summed E-state index contributed by atoms with van der Waals surface area (Å²) in [5, 5.41) is 16.9. The van der Waals surface area contributed by atoms with Crippen LogP contribution in [0, 0.1) is 12.7 Å². The van der Waals surface area contributed by atoms with Gasteiger partial charge in [0.25, 0.3) is 5.91 Å². The lowest BCUT2D eigenvalue weighted by atomic mass is 9.94. The minimum absolute atomic E-state index is 0.00642. The van der Waals surface area contributed by atoms with Crippen LogP contribution in [0.15, 0.2) is 48.9 Å². The normalized spacial score (nSPS) is 13.4. The number of carbonyl (C=O) groups is 2. The maximum absolute atomic E-state index is 13.6. The largest absolute Gasteiger partial charge is 0.418 e. The van der Waals surface area contributed by atoms with Gasteiger partial charge in [-0.05, 0) is 50.2 Å². The van der Waals surface area contributed by atoms with E-state index in [9.17, 15) is 32.3 Å². The quantitative estimate of drug-likeness (QED) is 0.265. The van der Waals surface area contributed by atoms with Gasteiger partial charge < -0.3 is 16.2 Å². The zero-order chi connectivity index (χ0) is 27.1. The van der Waals surface area contributed by atoms with Gasteiger partial charge in [0.15, 0.2) is 11.6 Å². The number of halogens is 4. The molecule has 3 heterocycles. The van der Waals surface area contributed by atoms with Gasteiger partial charge in [0, 0.05) is 17.3 Å². The smallest absolute Gasteiger partial charge is 0.382 e. The van der Waals surface area contributed by atoms with E-state index in [4.69, 9.17) is 5.73 Å². The van der Waals surface area contributed by atoms with Crippen molar-refractivity contribution in [2.45, 2.75) is 25.6 Å². The number of nitrogens with zero attached hydrogens (tertiary/aromatic N) is 4. The number of fused-ring (bicyclic) bond motifs is 1. The summed E-state index contributed by atoms with van der Waals surface area (Å²) >= 11 is 0. The lowest BCUT2D eigenvalue weighted by molar-refractivity contribution is -0.136. The molecule has 4 aromatic rings. The number of amides is 1. The molecule has 0 spiro atoms. The van der Waals surface area contributed by atoms with Gasteiger partial charge in [-0.25, -0.2) is 13.9 Å². The van der Waals surface area contributed by atoms with Crippen LogP contribution in [0.5, 0.6) is 0 Å². The molecule has 0 aliphatic carbocycles. The molecule has 1 amide bonds. The van der Waals surface area contributed by atoms with Crippen LogP contribution in [0.1, 0.15) is 38.9 Å². The fourth-order valence-electron chi connectivity index (χ4n) is 3.73. The Morgan fingerprint density at radius 1 is 1.14 bits per heavy atom. The number of aryl methyl sites for hydroxylation is 1. The third kappa shape index (κ3) is 4.98. The fourth-order valence-corrected chi connectivity index (χ4v) is 3.73. The summed E-state index contributed by atoms with van der Waals surface area (Å²) in [6, 6.07) is 6.69. The number of carbonyl (C=O) groups excluding carboxylic acids is 2. The Bertz CT molecular complexity index is 1510. The van der Waals surface area contributed by atoms with Gasteiger partial charge in [-0.15, -0.1) is 0 Å². The standard InChI is InChI=1S/C24H20F4N6O3/c1-12-16(22(36)31-10-23(2,37)20(35)13-3-5-15(25)6-4-13)7-14(9-30-12)18-8-17(24(26,27)28)19-21(29)32-11-33-34(18)19/h3-9,11,37H,10H2,1-2H3,(H,31,36)(H2,29,32,33). The summed E-state index contributed by atoms with van der Waals surface area (Å²) < 4.78 is 55.0. The number of benzene rings is 1. The van der Waals surface area contributed by atoms with Crippen LogP contribution >= 0.6 is 0 Å². The first kappa shape index (κ1) is 25.7. The van der Waals surface area contributed by atoms with E-state index in [2.05, 4.69) is 20.4 Å². The number of rotatable bonds is 6. The lowest BCUT2D eigenvalue weighted by Gasteiger charge is -2.22. The molecule has 0 saturated heterocycles. The van der Waals surface area contributed by atoms with E-state index in [0.29, 0.717) is 0 Å². The van der Waals surface area contributed by atoms with Gasteiger partial charge in [-0.3, -0.25) is 14.6 Å². The molecule has 0 radical (unpaired) electrons. The first-order valence-electron chi connectivity index (χ1n) is 10.8. The van der Waals surface area contributed by atoms with E-state index in [1.54, 1.807) is 0 Å². The highest BCUT2D eigenvalue weighted by Crippen LogP contribution is 2.38. The Hall–Kier alpha value is -4.39. The minimum Gasteiger partial charge on any atom is -0.382 e. The number of nitrogens with one attached hydrogen (secondary N) is 1. The van der Waals surface area contributed by atoms with Crippen molar-refractivity contribution in [3.05, 3.63) is 77.1 Å². The van der Waals surface area contributed by atoms with Crippen molar-refractivity contribution in [2.75, 3.05) is 12.3 Å². The van der Waals surface area contributed by atoms with E-state index >= 15 is 0 Å². The molecule has 1 aromatic carbocycles. The molecule has 0 fully saturated rings. The third-order valence-corrected chi connectivity index (χ3v) is 5.70. The number of nitrogen functional groups attached to an aromatic ring is 1. The van der Waals surface area contributed by atoms with Crippen LogP contribution in [0.3, 0.4) is 0 Å². The highest BCUT2D eigenvalue weighted by atomic mass is 19.4. The van der Waals surface area contributed by atoms with Crippen LogP contribution in [0.2, 0.25) is 0 Å². The predicted octanol–water partition coefficient (Wildman–Crippen LogP) is 3.20. The predicted molar refractivity (Wildman–Crippen MR) is 124 cm³/mol. The van der Waals surface area contributed by atoms with E-state index in [-0.39, 0.29) is 33.9 Å². The van der Waals surface area contributed by atoms with Gasteiger partial charge >= 0.3 is 6.18 Å². The van der Waals surface area contributed by atoms with Crippen molar-refractivity contribution in [1.82, 2.24) is 24.9 Å². The van der Waals surface area contributed by atoms with Crippen LogP contribution < -0.4 is 11.1 Å². The number of hydrogen-bond acceptors (Lipinski definition) is 7. The number of alkyl halides is 3. The molecule has 0 saturated carbocycles. The van der Waals surface area contributed by atoms with Crippen molar-refractivity contribution in [3.63, 3.8) is 0 Å². The van der Waals surface area contributed by atoms with Gasteiger partial charge in [-0.1, -0.05) is 0 Å². The monoisotopic (exact) mass is 516 g/mol.